The van der Waals surface area contributed by atoms with Gasteiger partial charge in [0.2, 0.25) is 11.5 Å². The molecule has 2 aromatic rings. The van der Waals surface area contributed by atoms with Gasteiger partial charge in [-0.3, -0.25) is 4.79 Å². The summed E-state index contributed by atoms with van der Waals surface area (Å²) in [7, 11) is 0. The lowest BCUT2D eigenvalue weighted by molar-refractivity contribution is -0.274. The summed E-state index contributed by atoms with van der Waals surface area (Å²) in [5.74, 6) is -1.72. The van der Waals surface area contributed by atoms with E-state index in [9.17, 15) is 18.0 Å². The Balaban J connectivity index is 2.22. The molecule has 0 atom stereocenters. The topological polar surface area (TPSA) is 103 Å². The number of carbonyl (C=O) groups excluding carboxylic acids is 1. The lowest BCUT2D eigenvalue weighted by Crippen LogP contribution is -2.20. The van der Waals surface area contributed by atoms with E-state index in [0.717, 1.165) is 6.07 Å². The number of ether oxygens (including phenoxy) is 1. The van der Waals surface area contributed by atoms with Crippen LogP contribution in [0, 0.1) is 0 Å². The van der Waals surface area contributed by atoms with E-state index in [0.29, 0.717) is 0 Å². The van der Waals surface area contributed by atoms with Crippen molar-refractivity contribution in [1.82, 2.24) is 10.3 Å². The first-order valence-electron chi connectivity index (χ1n) is 5.11. The van der Waals surface area contributed by atoms with Crippen molar-refractivity contribution >= 4 is 17.4 Å². The summed E-state index contributed by atoms with van der Waals surface area (Å²) >= 11 is 0. The number of para-hydroxylation sites is 2. The summed E-state index contributed by atoms with van der Waals surface area (Å²) in [6.45, 7) is 0. The summed E-state index contributed by atoms with van der Waals surface area (Å²) < 4.78 is 44.6. The highest BCUT2D eigenvalue weighted by atomic mass is 19.4. The number of aromatic nitrogens is 2. The molecule has 0 aliphatic carbocycles. The third kappa shape index (κ3) is 3.16. The first-order valence-corrected chi connectivity index (χ1v) is 5.11. The minimum absolute atomic E-state index is 0.197. The van der Waals surface area contributed by atoms with Crippen LogP contribution in [0.15, 0.2) is 28.9 Å². The number of rotatable bonds is 3. The number of nitrogens with one attached hydrogen (secondary N) is 1. The number of benzene rings is 1. The van der Waals surface area contributed by atoms with E-state index in [1.807, 2.05) is 0 Å². The molecular weight excluding hydrogens is 281 g/mol. The van der Waals surface area contributed by atoms with Gasteiger partial charge in [0.05, 0.1) is 5.69 Å². The van der Waals surface area contributed by atoms with Crippen LogP contribution in [0.25, 0.3) is 0 Å². The molecule has 1 aromatic carbocycles. The maximum absolute atomic E-state index is 12.2. The minimum Gasteiger partial charge on any atom is -0.404 e. The van der Waals surface area contributed by atoms with Gasteiger partial charge in [0.15, 0.2) is 5.75 Å². The fourth-order valence-corrected chi connectivity index (χ4v) is 1.32. The normalized spacial score (nSPS) is 11.2. The van der Waals surface area contributed by atoms with Crippen molar-refractivity contribution in [3.05, 3.63) is 30.0 Å². The van der Waals surface area contributed by atoms with Gasteiger partial charge in [0.25, 0.3) is 5.91 Å². The Morgan fingerprint density at radius 2 is 2.00 bits per heavy atom. The molecule has 0 aliphatic rings. The van der Waals surface area contributed by atoms with Gasteiger partial charge in [-0.1, -0.05) is 12.1 Å². The zero-order valence-electron chi connectivity index (χ0n) is 9.64. The molecule has 0 aliphatic heterocycles. The summed E-state index contributed by atoms with van der Waals surface area (Å²) in [4.78, 5) is 11.7. The van der Waals surface area contributed by atoms with Gasteiger partial charge in [-0.05, 0) is 22.4 Å². The predicted molar refractivity (Wildman–Crippen MR) is 59.8 cm³/mol. The van der Waals surface area contributed by atoms with Crippen molar-refractivity contribution in [1.29, 1.82) is 0 Å². The molecular formula is C10H7F3N4O3. The molecule has 20 heavy (non-hydrogen) atoms. The second-order valence-electron chi connectivity index (χ2n) is 3.50. The van der Waals surface area contributed by atoms with E-state index in [-0.39, 0.29) is 17.2 Å². The van der Waals surface area contributed by atoms with E-state index in [4.69, 9.17) is 5.73 Å². The van der Waals surface area contributed by atoms with Crippen molar-refractivity contribution in [3.63, 3.8) is 0 Å². The fraction of sp³-hybridized carbons (Fsp3) is 0.100. The lowest BCUT2D eigenvalue weighted by atomic mass is 10.3. The van der Waals surface area contributed by atoms with Crippen molar-refractivity contribution in [2.75, 3.05) is 11.1 Å². The van der Waals surface area contributed by atoms with Crippen molar-refractivity contribution in [3.8, 4) is 5.75 Å². The molecule has 0 saturated carbocycles. The Morgan fingerprint density at radius 1 is 1.30 bits per heavy atom. The minimum atomic E-state index is -4.88. The molecule has 0 radical (unpaired) electrons. The molecule has 106 valence electrons. The molecule has 0 saturated heterocycles. The van der Waals surface area contributed by atoms with Crippen LogP contribution in [0.3, 0.4) is 0 Å². The van der Waals surface area contributed by atoms with Crippen LogP contribution in [0.1, 0.15) is 10.5 Å². The Kier molecular flexibility index (Phi) is 3.46. The average molecular weight is 288 g/mol. The second kappa shape index (κ2) is 5.07. The predicted octanol–water partition coefficient (Wildman–Crippen LogP) is 1.80. The Bertz CT molecular complexity index is 626. The summed E-state index contributed by atoms with van der Waals surface area (Å²) in [6.07, 6.45) is -4.88. The highest BCUT2D eigenvalue weighted by Crippen LogP contribution is 2.30. The molecule has 0 fully saturated rings. The smallest absolute Gasteiger partial charge is 0.404 e. The zero-order valence-corrected chi connectivity index (χ0v) is 9.64. The Morgan fingerprint density at radius 3 is 2.60 bits per heavy atom. The first kappa shape index (κ1) is 13.6. The second-order valence-corrected chi connectivity index (χ2v) is 3.50. The van der Waals surface area contributed by atoms with Crippen molar-refractivity contribution < 1.29 is 27.3 Å². The maximum atomic E-state index is 12.2. The van der Waals surface area contributed by atoms with E-state index in [1.165, 1.54) is 18.2 Å². The summed E-state index contributed by atoms with van der Waals surface area (Å²) in [6, 6.07) is 5.02. The number of anilines is 2. The van der Waals surface area contributed by atoms with E-state index >= 15 is 0 Å². The van der Waals surface area contributed by atoms with Gasteiger partial charge in [-0.15, -0.1) is 13.2 Å². The van der Waals surface area contributed by atoms with Gasteiger partial charge in [0, 0.05) is 0 Å². The fourth-order valence-electron chi connectivity index (χ4n) is 1.32. The molecule has 2 rings (SSSR count). The lowest BCUT2D eigenvalue weighted by Gasteiger charge is -2.13. The highest BCUT2D eigenvalue weighted by Gasteiger charge is 2.32. The van der Waals surface area contributed by atoms with E-state index < -0.39 is 18.0 Å². The van der Waals surface area contributed by atoms with Gasteiger partial charge < -0.3 is 15.8 Å². The Hall–Kier alpha value is -2.78. The number of nitrogen functional groups attached to an aromatic ring is 1. The number of nitrogens with zero attached hydrogens (tertiary/aromatic N) is 2. The maximum Gasteiger partial charge on any atom is 0.573 e. The summed E-state index contributed by atoms with van der Waals surface area (Å²) in [5.41, 5.74) is 4.76. The molecule has 1 aromatic heterocycles. The van der Waals surface area contributed by atoms with Crippen LogP contribution >= 0.6 is 0 Å². The summed E-state index contributed by atoms with van der Waals surface area (Å²) in [5, 5.41) is 8.58. The Labute approximate surface area is 109 Å². The first-order chi connectivity index (χ1) is 9.37. The number of nitrogens with two attached hydrogens (primary N) is 1. The van der Waals surface area contributed by atoms with Crippen LogP contribution in [-0.4, -0.2) is 22.6 Å². The quantitative estimate of drug-likeness (QED) is 0.892. The SMILES string of the molecule is Nc1nonc1C(=O)Nc1ccccc1OC(F)(F)F. The number of carbonyl (C=O) groups is 1. The highest BCUT2D eigenvalue weighted by molar-refractivity contribution is 6.06. The number of halogens is 3. The molecule has 7 nitrogen and oxygen atoms in total. The number of hydrogen-bond acceptors (Lipinski definition) is 6. The third-order valence-electron chi connectivity index (χ3n) is 2.09. The monoisotopic (exact) mass is 288 g/mol. The standard InChI is InChI=1S/C10H7F3N4O3/c11-10(12,13)19-6-4-2-1-3-5(6)15-9(18)7-8(14)17-20-16-7/h1-4H,(H2,14,17)(H,15,18). The molecule has 0 spiro atoms. The molecule has 3 N–H and O–H groups in total. The van der Waals surface area contributed by atoms with Crippen molar-refractivity contribution in [2.24, 2.45) is 0 Å². The molecule has 10 heteroatoms. The number of amides is 1. The molecule has 1 amide bonds. The van der Waals surface area contributed by atoms with Crippen LogP contribution < -0.4 is 15.8 Å². The largest absolute Gasteiger partial charge is 0.573 e. The molecule has 0 bridgehead atoms. The van der Waals surface area contributed by atoms with Gasteiger partial charge in [0.1, 0.15) is 0 Å². The van der Waals surface area contributed by atoms with E-state index in [2.05, 4.69) is 25.0 Å². The third-order valence-corrected chi connectivity index (χ3v) is 2.09. The van der Waals surface area contributed by atoms with Crippen LogP contribution in [-0.2, 0) is 0 Å². The van der Waals surface area contributed by atoms with Crippen molar-refractivity contribution in [2.45, 2.75) is 6.36 Å². The molecule has 1 heterocycles. The van der Waals surface area contributed by atoms with Crippen LogP contribution in [0.2, 0.25) is 0 Å². The molecule has 0 unspecified atom stereocenters. The number of alkyl halides is 3. The van der Waals surface area contributed by atoms with Gasteiger partial charge in [-0.25, -0.2) is 4.63 Å². The zero-order chi connectivity index (χ0) is 14.8. The van der Waals surface area contributed by atoms with E-state index in [1.54, 1.807) is 0 Å². The number of hydrogen-bond donors (Lipinski definition) is 2. The average Bonchev–Trinajstić information content (AvgIpc) is 2.76. The van der Waals surface area contributed by atoms with Gasteiger partial charge >= 0.3 is 6.36 Å². The van der Waals surface area contributed by atoms with Crippen LogP contribution in [0.5, 0.6) is 5.75 Å². The van der Waals surface area contributed by atoms with Gasteiger partial charge in [-0.2, -0.15) is 0 Å². The van der Waals surface area contributed by atoms with Crippen LogP contribution in [0.4, 0.5) is 24.7 Å².